The summed E-state index contributed by atoms with van der Waals surface area (Å²) in [7, 11) is 7.36. The molecule has 0 aliphatic rings. The molecule has 0 saturated carbocycles. The third-order valence-electron chi connectivity index (χ3n) is 6.56. The largest absolute Gasteiger partial charge is 0.497 e. The molecular formula is C28H42O4S2. The lowest BCUT2D eigenvalue weighted by molar-refractivity contribution is 0.0951. The Hall–Kier alpha value is -1.34. The predicted molar refractivity (Wildman–Crippen MR) is 147 cm³/mol. The molecule has 0 fully saturated rings. The van der Waals surface area contributed by atoms with Gasteiger partial charge in [0, 0.05) is 9.49 Å². The molecule has 0 radical (unpaired) electrons. The van der Waals surface area contributed by atoms with Crippen LogP contribution in [0.5, 0.6) is 11.5 Å². The van der Waals surface area contributed by atoms with E-state index in [9.17, 15) is 0 Å². The van der Waals surface area contributed by atoms with Gasteiger partial charge in [-0.2, -0.15) is 0 Å². The van der Waals surface area contributed by atoms with Crippen molar-refractivity contribution in [2.45, 2.75) is 76.1 Å². The lowest BCUT2D eigenvalue weighted by atomic mass is 10.0. The van der Waals surface area contributed by atoms with Crippen LogP contribution in [0, 0.1) is 0 Å². The minimum Gasteiger partial charge on any atom is -0.497 e. The van der Waals surface area contributed by atoms with E-state index in [0.717, 1.165) is 50.4 Å². The molecule has 6 heteroatoms. The highest BCUT2D eigenvalue weighted by atomic mass is 33.1. The number of methoxy groups -OCH3 is 2. The van der Waals surface area contributed by atoms with E-state index < -0.39 is 0 Å². The van der Waals surface area contributed by atoms with Crippen LogP contribution in [0.2, 0.25) is 0 Å². The van der Waals surface area contributed by atoms with Crippen molar-refractivity contribution in [2.75, 3.05) is 27.4 Å². The van der Waals surface area contributed by atoms with E-state index >= 15 is 0 Å². The van der Waals surface area contributed by atoms with Crippen LogP contribution < -0.4 is 9.47 Å². The number of benzene rings is 2. The second-order valence-corrected chi connectivity index (χ2v) is 11.7. The SMILES string of the molecule is CCC(CC)(COCc1ccc(OC)cc1)SSC(CC)(CC)COCc1ccc(OC)cc1. The molecule has 2 rings (SSSR count). The first kappa shape index (κ1) is 28.9. The van der Waals surface area contributed by atoms with Gasteiger partial charge in [-0.05, 0) is 61.1 Å². The third-order valence-corrected chi connectivity index (χ3v) is 11.1. The van der Waals surface area contributed by atoms with Crippen LogP contribution in [0.25, 0.3) is 0 Å². The molecule has 34 heavy (non-hydrogen) atoms. The van der Waals surface area contributed by atoms with Gasteiger partial charge in [0.2, 0.25) is 0 Å². The molecule has 0 aliphatic heterocycles. The zero-order valence-electron chi connectivity index (χ0n) is 21.7. The van der Waals surface area contributed by atoms with E-state index in [1.54, 1.807) is 14.2 Å². The van der Waals surface area contributed by atoms with Gasteiger partial charge in [0.1, 0.15) is 11.5 Å². The van der Waals surface area contributed by atoms with Crippen molar-refractivity contribution in [3.8, 4) is 11.5 Å². The van der Waals surface area contributed by atoms with Crippen LogP contribution >= 0.6 is 21.6 Å². The Morgan fingerprint density at radius 2 is 0.882 bits per heavy atom. The molecule has 2 aromatic rings. The van der Waals surface area contributed by atoms with Crippen LogP contribution in [0.3, 0.4) is 0 Å². The summed E-state index contributed by atoms with van der Waals surface area (Å²) in [5.74, 6) is 1.74. The molecule has 0 heterocycles. The molecule has 0 bridgehead atoms. The maximum absolute atomic E-state index is 6.21. The number of rotatable bonds is 17. The van der Waals surface area contributed by atoms with Gasteiger partial charge in [0.15, 0.2) is 0 Å². The van der Waals surface area contributed by atoms with Crippen molar-refractivity contribution < 1.29 is 18.9 Å². The average Bonchev–Trinajstić information content (AvgIpc) is 2.90. The van der Waals surface area contributed by atoms with Crippen LogP contribution in [0.4, 0.5) is 0 Å². The lowest BCUT2D eigenvalue weighted by Gasteiger charge is -2.36. The zero-order chi connectivity index (χ0) is 24.9. The smallest absolute Gasteiger partial charge is 0.118 e. The van der Waals surface area contributed by atoms with E-state index in [4.69, 9.17) is 18.9 Å². The van der Waals surface area contributed by atoms with Gasteiger partial charge < -0.3 is 18.9 Å². The van der Waals surface area contributed by atoms with Crippen molar-refractivity contribution in [1.29, 1.82) is 0 Å². The fourth-order valence-corrected chi connectivity index (χ4v) is 7.37. The highest BCUT2D eigenvalue weighted by Gasteiger charge is 2.35. The van der Waals surface area contributed by atoms with Gasteiger partial charge in [-0.25, -0.2) is 0 Å². The van der Waals surface area contributed by atoms with Crippen molar-refractivity contribution in [2.24, 2.45) is 0 Å². The second-order valence-electron chi connectivity index (χ2n) is 8.63. The number of hydrogen-bond acceptors (Lipinski definition) is 6. The van der Waals surface area contributed by atoms with Gasteiger partial charge in [0.25, 0.3) is 0 Å². The van der Waals surface area contributed by atoms with Gasteiger partial charge in [-0.15, -0.1) is 0 Å². The third kappa shape index (κ3) is 8.71. The lowest BCUT2D eigenvalue weighted by Crippen LogP contribution is -2.33. The van der Waals surface area contributed by atoms with E-state index in [1.807, 2.05) is 45.9 Å². The topological polar surface area (TPSA) is 36.9 Å². The standard InChI is InChI=1S/C28H42O4S2/c1-7-27(8-2,21-31-19-23-11-15-25(29-5)16-12-23)33-34-28(9-3,10-4)22-32-20-24-13-17-26(30-6)18-14-24/h11-18H,7-10,19-22H2,1-6H3. The molecule has 0 aliphatic carbocycles. The summed E-state index contributed by atoms with van der Waals surface area (Å²) in [6, 6.07) is 16.2. The van der Waals surface area contributed by atoms with E-state index in [1.165, 1.54) is 11.1 Å². The van der Waals surface area contributed by atoms with Gasteiger partial charge in [0.05, 0.1) is 40.6 Å². The Labute approximate surface area is 214 Å². The summed E-state index contributed by atoms with van der Waals surface area (Å²) in [5, 5.41) is 0. The Morgan fingerprint density at radius 3 is 1.15 bits per heavy atom. The molecule has 0 N–H and O–H groups in total. The number of ether oxygens (including phenoxy) is 4. The second kappa shape index (κ2) is 14.9. The van der Waals surface area contributed by atoms with Gasteiger partial charge in [-0.3, -0.25) is 0 Å². The maximum Gasteiger partial charge on any atom is 0.118 e. The van der Waals surface area contributed by atoms with E-state index in [0.29, 0.717) is 13.2 Å². The first-order valence-corrected chi connectivity index (χ1v) is 14.4. The van der Waals surface area contributed by atoms with Crippen LogP contribution in [0.15, 0.2) is 48.5 Å². The van der Waals surface area contributed by atoms with Crippen LogP contribution in [-0.2, 0) is 22.7 Å². The maximum atomic E-state index is 6.21. The van der Waals surface area contributed by atoms with Crippen molar-refractivity contribution in [1.82, 2.24) is 0 Å². The summed E-state index contributed by atoms with van der Waals surface area (Å²) in [4.78, 5) is 0. The van der Waals surface area contributed by atoms with Gasteiger partial charge in [-0.1, -0.05) is 73.5 Å². The minimum absolute atomic E-state index is 0.0860. The molecule has 0 aromatic heterocycles. The van der Waals surface area contributed by atoms with Crippen molar-refractivity contribution >= 4 is 21.6 Å². The van der Waals surface area contributed by atoms with Crippen LogP contribution in [0.1, 0.15) is 64.5 Å². The highest BCUT2D eigenvalue weighted by Crippen LogP contribution is 2.50. The quantitative estimate of drug-likeness (QED) is 0.203. The molecule has 0 saturated heterocycles. The van der Waals surface area contributed by atoms with Gasteiger partial charge >= 0.3 is 0 Å². The molecule has 0 unspecified atom stereocenters. The Morgan fingerprint density at radius 1 is 0.559 bits per heavy atom. The molecule has 0 amide bonds. The monoisotopic (exact) mass is 506 g/mol. The van der Waals surface area contributed by atoms with Crippen LogP contribution in [-0.4, -0.2) is 36.9 Å². The minimum atomic E-state index is 0.0860. The summed E-state index contributed by atoms with van der Waals surface area (Å²) < 4.78 is 23.1. The fraction of sp³-hybridized carbons (Fsp3) is 0.571. The summed E-state index contributed by atoms with van der Waals surface area (Å²) in [6.07, 6.45) is 4.28. The van der Waals surface area contributed by atoms with Crippen molar-refractivity contribution in [3.63, 3.8) is 0 Å². The normalized spacial score (nSPS) is 12.1. The molecule has 0 spiro atoms. The molecular weight excluding hydrogens is 464 g/mol. The average molecular weight is 507 g/mol. The molecule has 190 valence electrons. The van der Waals surface area contributed by atoms with E-state index in [-0.39, 0.29) is 9.49 Å². The predicted octanol–water partition coefficient (Wildman–Crippen LogP) is 7.94. The summed E-state index contributed by atoms with van der Waals surface area (Å²) >= 11 is 0. The van der Waals surface area contributed by atoms with E-state index in [2.05, 4.69) is 52.0 Å². The first-order valence-electron chi connectivity index (χ1n) is 12.3. The summed E-state index contributed by atoms with van der Waals surface area (Å²) in [6.45, 7) is 11.8. The zero-order valence-corrected chi connectivity index (χ0v) is 23.4. The Balaban J connectivity index is 1.90. The number of hydrogen-bond donors (Lipinski definition) is 0. The summed E-state index contributed by atoms with van der Waals surface area (Å²) in [5.41, 5.74) is 2.34. The van der Waals surface area contributed by atoms with Crippen molar-refractivity contribution in [3.05, 3.63) is 59.7 Å². The molecule has 0 atom stereocenters. The Bertz CT molecular complexity index is 731. The molecule has 4 nitrogen and oxygen atoms in total. The molecule has 2 aromatic carbocycles. The Kier molecular flexibility index (Phi) is 12.7. The first-order chi connectivity index (χ1) is 16.5. The highest BCUT2D eigenvalue weighted by molar-refractivity contribution is 8.77. The fourth-order valence-electron chi connectivity index (χ4n) is 3.52.